The van der Waals surface area contributed by atoms with Gasteiger partial charge in [-0.1, -0.05) is 11.6 Å². The van der Waals surface area contributed by atoms with Gasteiger partial charge in [-0.3, -0.25) is 4.79 Å². The molecule has 0 radical (unpaired) electrons. The number of rotatable bonds is 3. The smallest absolute Gasteiger partial charge is 0.326 e. The van der Waals surface area contributed by atoms with Crippen LogP contribution in [-0.2, 0) is 16.1 Å². The fourth-order valence-electron chi connectivity index (χ4n) is 2.81. The predicted octanol–water partition coefficient (Wildman–Crippen LogP) is 3.17. The summed E-state index contributed by atoms with van der Waals surface area (Å²) in [5, 5.41) is 1.84. The molecular weight excluding hydrogens is 344 g/mol. The maximum atomic E-state index is 12.4. The third kappa shape index (κ3) is 3.19. The number of benzene rings is 1. The van der Waals surface area contributed by atoms with Crippen LogP contribution in [0, 0.1) is 0 Å². The van der Waals surface area contributed by atoms with Crippen molar-refractivity contribution in [3.63, 3.8) is 0 Å². The lowest BCUT2D eigenvalue weighted by Crippen LogP contribution is -2.26. The van der Waals surface area contributed by atoms with Crippen molar-refractivity contribution in [2.45, 2.75) is 32.9 Å². The molecule has 0 fully saturated rings. The number of nitrogens with two attached hydrogens (primary N) is 1. The standard InChI is InChI=1S/C17H19ClN4O3/c1-17(2,3)25-12(23)7-22-14-10(5-9(18)6-11(14)24-4)13-15(19)20-8-21-16(13)22/h5-6,8H,7H2,1-4H3,(H2,19,20,21). The van der Waals surface area contributed by atoms with Gasteiger partial charge >= 0.3 is 5.97 Å². The zero-order chi connectivity index (χ0) is 18.4. The van der Waals surface area contributed by atoms with E-state index in [0.717, 1.165) is 5.39 Å². The highest BCUT2D eigenvalue weighted by Gasteiger charge is 2.23. The van der Waals surface area contributed by atoms with Gasteiger partial charge in [0.2, 0.25) is 0 Å². The average molecular weight is 363 g/mol. The highest BCUT2D eigenvalue weighted by Crippen LogP contribution is 2.38. The van der Waals surface area contributed by atoms with Crippen molar-refractivity contribution < 1.29 is 14.3 Å². The van der Waals surface area contributed by atoms with Gasteiger partial charge in [0.05, 0.1) is 18.0 Å². The molecule has 2 aromatic heterocycles. The Labute approximate surface area is 149 Å². The van der Waals surface area contributed by atoms with Crippen molar-refractivity contribution in [3.05, 3.63) is 23.5 Å². The first-order valence-electron chi connectivity index (χ1n) is 7.69. The molecule has 0 bridgehead atoms. The highest BCUT2D eigenvalue weighted by atomic mass is 35.5. The monoisotopic (exact) mass is 362 g/mol. The van der Waals surface area contributed by atoms with Crippen LogP contribution in [0.4, 0.5) is 5.82 Å². The van der Waals surface area contributed by atoms with Crippen LogP contribution in [0.1, 0.15) is 20.8 Å². The molecule has 0 aliphatic carbocycles. The molecule has 0 unspecified atom stereocenters. The fourth-order valence-corrected chi connectivity index (χ4v) is 3.02. The number of methoxy groups -OCH3 is 1. The molecule has 0 saturated carbocycles. The van der Waals surface area contributed by atoms with Gasteiger partial charge in [-0.2, -0.15) is 0 Å². The molecular formula is C17H19ClN4O3. The molecule has 2 N–H and O–H groups in total. The number of fused-ring (bicyclic) bond motifs is 3. The van der Waals surface area contributed by atoms with E-state index < -0.39 is 5.60 Å². The molecule has 0 atom stereocenters. The highest BCUT2D eigenvalue weighted by molar-refractivity contribution is 6.32. The molecule has 3 aromatic rings. The average Bonchev–Trinajstić information content (AvgIpc) is 2.80. The number of hydrogen-bond acceptors (Lipinski definition) is 6. The van der Waals surface area contributed by atoms with E-state index in [0.29, 0.717) is 33.1 Å². The summed E-state index contributed by atoms with van der Waals surface area (Å²) >= 11 is 6.19. The number of nitrogen functional groups attached to an aromatic ring is 1. The molecule has 132 valence electrons. The van der Waals surface area contributed by atoms with Crippen LogP contribution in [-0.4, -0.2) is 33.2 Å². The maximum absolute atomic E-state index is 12.4. The lowest BCUT2D eigenvalue weighted by Gasteiger charge is -2.20. The minimum absolute atomic E-state index is 0.0360. The third-order valence-corrected chi connectivity index (χ3v) is 3.84. The van der Waals surface area contributed by atoms with Crippen LogP contribution in [0.5, 0.6) is 5.75 Å². The Morgan fingerprint density at radius 2 is 2.04 bits per heavy atom. The Morgan fingerprint density at radius 3 is 2.68 bits per heavy atom. The van der Waals surface area contributed by atoms with Gasteiger partial charge in [0, 0.05) is 16.5 Å². The van der Waals surface area contributed by atoms with Gasteiger partial charge in [-0.05, 0) is 26.8 Å². The summed E-state index contributed by atoms with van der Waals surface area (Å²) < 4.78 is 12.6. The van der Waals surface area contributed by atoms with E-state index in [2.05, 4.69) is 9.97 Å². The van der Waals surface area contributed by atoms with Gasteiger partial charge in [0.15, 0.2) is 0 Å². The molecule has 2 heterocycles. The van der Waals surface area contributed by atoms with Crippen LogP contribution >= 0.6 is 11.6 Å². The second-order valence-electron chi connectivity index (χ2n) is 6.63. The van der Waals surface area contributed by atoms with Gasteiger partial charge < -0.3 is 19.8 Å². The van der Waals surface area contributed by atoms with Gasteiger partial charge in [0.25, 0.3) is 0 Å². The first-order valence-corrected chi connectivity index (χ1v) is 8.07. The third-order valence-electron chi connectivity index (χ3n) is 3.62. The van der Waals surface area contributed by atoms with E-state index in [4.69, 9.17) is 26.8 Å². The second-order valence-corrected chi connectivity index (χ2v) is 7.07. The number of nitrogens with zero attached hydrogens (tertiary/aromatic N) is 3. The predicted molar refractivity (Wildman–Crippen MR) is 96.9 cm³/mol. The summed E-state index contributed by atoms with van der Waals surface area (Å²) in [4.78, 5) is 20.7. The number of aromatic nitrogens is 3. The number of halogens is 1. The molecule has 25 heavy (non-hydrogen) atoms. The van der Waals surface area contributed by atoms with Crippen LogP contribution in [0.3, 0.4) is 0 Å². The van der Waals surface area contributed by atoms with Crippen LogP contribution in [0.25, 0.3) is 21.9 Å². The molecule has 1 aromatic carbocycles. The summed E-state index contributed by atoms with van der Waals surface area (Å²) in [6.07, 6.45) is 1.36. The Kier molecular flexibility index (Phi) is 4.20. The van der Waals surface area contributed by atoms with E-state index in [1.807, 2.05) is 20.8 Å². The van der Waals surface area contributed by atoms with E-state index >= 15 is 0 Å². The molecule has 0 amide bonds. The maximum Gasteiger partial charge on any atom is 0.326 e. The molecule has 7 nitrogen and oxygen atoms in total. The largest absolute Gasteiger partial charge is 0.494 e. The first kappa shape index (κ1) is 17.3. The zero-order valence-corrected chi connectivity index (χ0v) is 15.2. The number of carbonyl (C=O) groups excluding carboxylic acids is 1. The second kappa shape index (κ2) is 6.07. The van der Waals surface area contributed by atoms with E-state index in [9.17, 15) is 4.79 Å². The van der Waals surface area contributed by atoms with Gasteiger partial charge in [0.1, 0.15) is 35.7 Å². The Bertz CT molecular complexity index is 976. The summed E-state index contributed by atoms with van der Waals surface area (Å²) in [7, 11) is 1.54. The fraction of sp³-hybridized carbons (Fsp3) is 0.353. The number of carbonyl (C=O) groups is 1. The van der Waals surface area contributed by atoms with Crippen LogP contribution < -0.4 is 10.5 Å². The molecule has 0 saturated heterocycles. The molecule has 8 heteroatoms. The lowest BCUT2D eigenvalue weighted by molar-refractivity contribution is -0.155. The van der Waals surface area contributed by atoms with Crippen LogP contribution in [0.2, 0.25) is 5.02 Å². The van der Waals surface area contributed by atoms with E-state index in [-0.39, 0.29) is 12.5 Å². The molecule has 0 aliphatic heterocycles. The van der Waals surface area contributed by atoms with Crippen molar-refractivity contribution in [1.82, 2.24) is 14.5 Å². The Morgan fingerprint density at radius 1 is 1.32 bits per heavy atom. The van der Waals surface area contributed by atoms with Crippen LogP contribution in [0.15, 0.2) is 18.5 Å². The zero-order valence-electron chi connectivity index (χ0n) is 14.5. The Balaban J connectivity index is 2.28. The summed E-state index contributed by atoms with van der Waals surface area (Å²) in [5.41, 5.74) is 6.65. The van der Waals surface area contributed by atoms with Gasteiger partial charge in [-0.25, -0.2) is 9.97 Å². The summed E-state index contributed by atoms with van der Waals surface area (Å²) in [6.45, 7) is 5.41. The molecule has 0 spiro atoms. The quantitative estimate of drug-likeness (QED) is 0.719. The van der Waals surface area contributed by atoms with E-state index in [1.54, 1.807) is 16.7 Å². The van der Waals surface area contributed by atoms with Crippen molar-refractivity contribution >= 4 is 45.3 Å². The van der Waals surface area contributed by atoms with Crippen molar-refractivity contribution in [1.29, 1.82) is 0 Å². The van der Waals surface area contributed by atoms with E-state index in [1.165, 1.54) is 13.4 Å². The van der Waals surface area contributed by atoms with Crippen molar-refractivity contribution in [2.24, 2.45) is 0 Å². The number of anilines is 1. The number of hydrogen-bond donors (Lipinski definition) is 1. The summed E-state index contributed by atoms with van der Waals surface area (Å²) in [5.74, 6) is 0.436. The Hall–Kier alpha value is -2.54. The molecule has 0 aliphatic rings. The number of esters is 1. The van der Waals surface area contributed by atoms with Crippen molar-refractivity contribution in [3.8, 4) is 5.75 Å². The number of ether oxygens (including phenoxy) is 2. The van der Waals surface area contributed by atoms with Gasteiger partial charge in [-0.15, -0.1) is 0 Å². The first-order chi connectivity index (χ1) is 11.7. The summed E-state index contributed by atoms with van der Waals surface area (Å²) in [6, 6.07) is 3.44. The lowest BCUT2D eigenvalue weighted by atomic mass is 10.2. The molecule has 3 rings (SSSR count). The SMILES string of the molecule is COc1cc(Cl)cc2c3c(N)ncnc3n(CC(=O)OC(C)(C)C)c12. The minimum atomic E-state index is -0.586. The normalized spacial score (nSPS) is 11.9. The topological polar surface area (TPSA) is 92.3 Å². The van der Waals surface area contributed by atoms with Crippen molar-refractivity contribution in [2.75, 3.05) is 12.8 Å². The minimum Gasteiger partial charge on any atom is -0.494 e.